The van der Waals surface area contributed by atoms with Gasteiger partial charge < -0.3 is 11.1 Å². The van der Waals surface area contributed by atoms with E-state index in [0.29, 0.717) is 18.9 Å². The van der Waals surface area contributed by atoms with Gasteiger partial charge in [0.1, 0.15) is 0 Å². The predicted octanol–water partition coefficient (Wildman–Crippen LogP) is 2.85. The molecule has 2 rings (SSSR count). The number of halogens is 1. The van der Waals surface area contributed by atoms with Gasteiger partial charge in [-0.3, -0.25) is 4.79 Å². The predicted molar refractivity (Wildman–Crippen MR) is 89.7 cm³/mol. The van der Waals surface area contributed by atoms with Crippen molar-refractivity contribution in [2.45, 2.75) is 51.5 Å². The molecule has 1 fully saturated rings. The normalized spacial score (nSPS) is 20.9. The Morgan fingerprint density at radius 2 is 1.90 bits per heavy atom. The second kappa shape index (κ2) is 9.06. The second-order valence-corrected chi connectivity index (χ2v) is 5.83. The molecule has 21 heavy (non-hydrogen) atoms. The van der Waals surface area contributed by atoms with E-state index >= 15 is 0 Å². The molecule has 1 aliphatic rings. The summed E-state index contributed by atoms with van der Waals surface area (Å²) in [5, 5.41) is 3.01. The number of rotatable bonds is 6. The van der Waals surface area contributed by atoms with E-state index in [-0.39, 0.29) is 24.4 Å². The Balaban J connectivity index is 0.00000220. The van der Waals surface area contributed by atoms with Crippen LogP contribution in [0.4, 0.5) is 0 Å². The summed E-state index contributed by atoms with van der Waals surface area (Å²) < 4.78 is 0. The van der Waals surface area contributed by atoms with Crippen LogP contribution in [-0.2, 0) is 17.6 Å². The zero-order valence-electron chi connectivity index (χ0n) is 12.8. The largest absolute Gasteiger partial charge is 0.356 e. The topological polar surface area (TPSA) is 55.1 Å². The maximum absolute atomic E-state index is 11.9. The molecule has 1 aromatic rings. The molecule has 3 N–H and O–H groups in total. The maximum Gasteiger partial charge on any atom is 0.220 e. The molecule has 0 unspecified atom stereocenters. The maximum atomic E-state index is 11.9. The Labute approximate surface area is 134 Å². The first-order valence-corrected chi connectivity index (χ1v) is 7.79. The van der Waals surface area contributed by atoms with E-state index in [1.165, 1.54) is 17.5 Å². The lowest BCUT2D eigenvalue weighted by Gasteiger charge is -2.14. The number of carbonyl (C=O) groups is 1. The Bertz CT molecular complexity index is 433. The molecule has 1 amide bonds. The lowest BCUT2D eigenvalue weighted by atomic mass is 10.00. The number of aryl methyl sites for hydroxylation is 1. The highest BCUT2D eigenvalue weighted by molar-refractivity contribution is 5.85. The monoisotopic (exact) mass is 310 g/mol. The summed E-state index contributed by atoms with van der Waals surface area (Å²) >= 11 is 0. The van der Waals surface area contributed by atoms with E-state index in [1.807, 2.05) is 0 Å². The summed E-state index contributed by atoms with van der Waals surface area (Å²) in [4.78, 5) is 11.9. The first-order chi connectivity index (χ1) is 9.69. The summed E-state index contributed by atoms with van der Waals surface area (Å²) in [5.74, 6) is 0.538. The third-order valence-corrected chi connectivity index (χ3v) is 4.33. The van der Waals surface area contributed by atoms with Gasteiger partial charge in [0.05, 0.1) is 0 Å². The Hall–Kier alpha value is -1.06. The van der Waals surface area contributed by atoms with E-state index in [1.54, 1.807) is 0 Å². The van der Waals surface area contributed by atoms with Gasteiger partial charge in [-0.1, -0.05) is 37.6 Å². The van der Waals surface area contributed by atoms with Gasteiger partial charge in [-0.2, -0.15) is 0 Å². The van der Waals surface area contributed by atoms with Gasteiger partial charge >= 0.3 is 0 Å². The highest BCUT2D eigenvalue weighted by Gasteiger charge is 2.25. The van der Waals surface area contributed by atoms with Crippen LogP contribution in [0.5, 0.6) is 0 Å². The molecule has 0 spiro atoms. The molecule has 3 nitrogen and oxygen atoms in total. The number of carbonyl (C=O) groups excluding carboxylic acids is 1. The summed E-state index contributed by atoms with van der Waals surface area (Å²) in [6, 6.07) is 8.85. The molecule has 0 heterocycles. The van der Waals surface area contributed by atoms with Crippen molar-refractivity contribution in [2.24, 2.45) is 11.7 Å². The van der Waals surface area contributed by atoms with E-state index < -0.39 is 0 Å². The number of benzene rings is 1. The lowest BCUT2D eigenvalue weighted by molar-refractivity contribution is -0.122. The second-order valence-electron chi connectivity index (χ2n) is 5.83. The number of nitrogens with one attached hydrogen (secondary N) is 1. The van der Waals surface area contributed by atoms with Crippen LogP contribution in [0.15, 0.2) is 24.3 Å². The molecule has 2 atom stereocenters. The molecule has 0 bridgehead atoms. The average molecular weight is 311 g/mol. The molecule has 4 heteroatoms. The van der Waals surface area contributed by atoms with Gasteiger partial charge in [-0.15, -0.1) is 12.4 Å². The minimum atomic E-state index is 0. The van der Waals surface area contributed by atoms with Crippen LogP contribution >= 0.6 is 12.4 Å². The zero-order chi connectivity index (χ0) is 14.4. The van der Waals surface area contributed by atoms with Crippen molar-refractivity contribution in [2.75, 3.05) is 6.54 Å². The lowest BCUT2D eigenvalue weighted by Crippen LogP contribution is -2.32. The highest BCUT2D eigenvalue weighted by atomic mass is 35.5. The van der Waals surface area contributed by atoms with Crippen molar-refractivity contribution in [3.8, 4) is 0 Å². The molecule has 0 radical (unpaired) electrons. The minimum Gasteiger partial charge on any atom is -0.356 e. The highest BCUT2D eigenvalue weighted by Crippen LogP contribution is 2.26. The standard InChI is InChI=1S/C17H26N2O.ClH/c1-2-13-6-8-14(9-7-13)10-11-19-17(20)12-15-4-3-5-16(15)18;/h6-9,15-16H,2-5,10-12,18H2,1H3,(H,19,20);1H/t15-,16+;/m0./s1. The van der Waals surface area contributed by atoms with Crippen molar-refractivity contribution in [3.63, 3.8) is 0 Å². The Morgan fingerprint density at radius 1 is 1.24 bits per heavy atom. The molecule has 0 aliphatic heterocycles. The fraction of sp³-hybridized carbons (Fsp3) is 0.588. The van der Waals surface area contributed by atoms with E-state index in [9.17, 15) is 4.79 Å². The third kappa shape index (κ3) is 5.68. The first kappa shape index (κ1) is 18.0. The third-order valence-electron chi connectivity index (χ3n) is 4.33. The van der Waals surface area contributed by atoms with Crippen LogP contribution in [0.3, 0.4) is 0 Å². The van der Waals surface area contributed by atoms with E-state index in [2.05, 4.69) is 36.5 Å². The van der Waals surface area contributed by atoms with E-state index in [0.717, 1.165) is 25.7 Å². The van der Waals surface area contributed by atoms with Crippen LogP contribution in [0.2, 0.25) is 0 Å². The molecule has 0 saturated heterocycles. The van der Waals surface area contributed by atoms with Gasteiger partial charge in [-0.25, -0.2) is 0 Å². The SMILES string of the molecule is CCc1ccc(CCNC(=O)C[C@@H]2CCC[C@H]2N)cc1.Cl. The van der Waals surface area contributed by atoms with Crippen molar-refractivity contribution < 1.29 is 4.79 Å². The Morgan fingerprint density at radius 3 is 2.48 bits per heavy atom. The van der Waals surface area contributed by atoms with Gasteiger partial charge in [0, 0.05) is 19.0 Å². The summed E-state index contributed by atoms with van der Waals surface area (Å²) in [5.41, 5.74) is 8.63. The smallest absolute Gasteiger partial charge is 0.220 e. The molecular weight excluding hydrogens is 284 g/mol. The summed E-state index contributed by atoms with van der Waals surface area (Å²) in [6.45, 7) is 2.87. The summed E-state index contributed by atoms with van der Waals surface area (Å²) in [7, 11) is 0. The molecule has 1 aromatic carbocycles. The average Bonchev–Trinajstić information content (AvgIpc) is 2.85. The number of hydrogen-bond acceptors (Lipinski definition) is 2. The zero-order valence-corrected chi connectivity index (χ0v) is 13.6. The first-order valence-electron chi connectivity index (χ1n) is 7.79. The van der Waals surface area contributed by atoms with Crippen LogP contribution in [0.1, 0.15) is 43.7 Å². The van der Waals surface area contributed by atoms with Crippen molar-refractivity contribution in [3.05, 3.63) is 35.4 Å². The number of nitrogens with two attached hydrogens (primary N) is 1. The molecule has 1 saturated carbocycles. The number of hydrogen-bond donors (Lipinski definition) is 2. The van der Waals surface area contributed by atoms with Gasteiger partial charge in [0.15, 0.2) is 0 Å². The van der Waals surface area contributed by atoms with Gasteiger partial charge in [0.25, 0.3) is 0 Å². The molecule has 1 aliphatic carbocycles. The summed E-state index contributed by atoms with van der Waals surface area (Å²) in [6.07, 6.45) is 5.90. The molecule has 118 valence electrons. The minimum absolute atomic E-state index is 0. The van der Waals surface area contributed by atoms with Crippen molar-refractivity contribution >= 4 is 18.3 Å². The fourth-order valence-corrected chi connectivity index (χ4v) is 2.92. The van der Waals surface area contributed by atoms with Gasteiger partial charge in [-0.05, 0) is 42.7 Å². The Kier molecular flexibility index (Phi) is 7.76. The van der Waals surface area contributed by atoms with E-state index in [4.69, 9.17) is 5.73 Å². The fourth-order valence-electron chi connectivity index (χ4n) is 2.92. The van der Waals surface area contributed by atoms with Crippen molar-refractivity contribution in [1.29, 1.82) is 0 Å². The quantitative estimate of drug-likeness (QED) is 0.849. The molecule has 0 aromatic heterocycles. The van der Waals surface area contributed by atoms with Crippen LogP contribution in [0, 0.1) is 5.92 Å². The number of amides is 1. The van der Waals surface area contributed by atoms with Crippen molar-refractivity contribution in [1.82, 2.24) is 5.32 Å². The van der Waals surface area contributed by atoms with Gasteiger partial charge in [0.2, 0.25) is 5.91 Å². The van der Waals surface area contributed by atoms with Crippen LogP contribution in [0.25, 0.3) is 0 Å². The van der Waals surface area contributed by atoms with Crippen LogP contribution < -0.4 is 11.1 Å². The van der Waals surface area contributed by atoms with Crippen LogP contribution in [-0.4, -0.2) is 18.5 Å². The molecular formula is C17H27ClN2O.